The molecule has 4 heteroatoms. The molecule has 1 fully saturated rings. The molecule has 0 aromatic rings. The van der Waals surface area contributed by atoms with Crippen molar-refractivity contribution in [3.8, 4) is 0 Å². The Balaban J connectivity index is 2.53. The van der Waals surface area contributed by atoms with Crippen molar-refractivity contribution in [1.82, 2.24) is 0 Å². The van der Waals surface area contributed by atoms with Crippen LogP contribution in [0.3, 0.4) is 0 Å². The minimum Gasteiger partial charge on any atom is -0.481 e. The van der Waals surface area contributed by atoms with Gasteiger partial charge in [-0.2, -0.15) is 0 Å². The summed E-state index contributed by atoms with van der Waals surface area (Å²) in [7, 11) is 0. The van der Waals surface area contributed by atoms with Crippen LogP contribution in [0.1, 0.15) is 34.1 Å². The molecule has 0 amide bonds. The first kappa shape index (κ1) is 13.7. The Kier molecular flexibility index (Phi) is 4.32. The minimum atomic E-state index is -0.719. The highest BCUT2D eigenvalue weighted by molar-refractivity contribution is 5.80. The normalized spacial score (nSPS) is 27.2. The predicted molar refractivity (Wildman–Crippen MR) is 66.9 cm³/mol. The van der Waals surface area contributed by atoms with Crippen LogP contribution in [0, 0.1) is 17.3 Å². The molecule has 2 unspecified atom stereocenters. The molecule has 0 spiro atoms. The number of oxime groups is 1. The average Bonchev–Trinajstić information content (AvgIpc) is 2.75. The van der Waals surface area contributed by atoms with Gasteiger partial charge in [0.25, 0.3) is 0 Å². The van der Waals surface area contributed by atoms with Gasteiger partial charge in [0.2, 0.25) is 0 Å². The van der Waals surface area contributed by atoms with Crippen LogP contribution in [-0.2, 0) is 9.63 Å². The Morgan fingerprint density at radius 3 is 2.65 bits per heavy atom. The Labute approximate surface area is 102 Å². The summed E-state index contributed by atoms with van der Waals surface area (Å²) in [6.07, 6.45) is 4.54. The summed E-state index contributed by atoms with van der Waals surface area (Å²) in [6.45, 7) is 8.49. The van der Waals surface area contributed by atoms with Gasteiger partial charge in [-0.15, -0.1) is 0 Å². The molecule has 4 nitrogen and oxygen atoms in total. The third-order valence-corrected chi connectivity index (χ3v) is 3.25. The van der Waals surface area contributed by atoms with Crippen molar-refractivity contribution in [3.05, 3.63) is 11.6 Å². The van der Waals surface area contributed by atoms with Gasteiger partial charge in [0.15, 0.2) is 0 Å². The maximum Gasteiger partial charge on any atom is 0.307 e. The molecule has 1 aliphatic rings. The van der Waals surface area contributed by atoms with Crippen molar-refractivity contribution >= 4 is 12.2 Å². The highest BCUT2D eigenvalue weighted by atomic mass is 16.6. The third-order valence-electron chi connectivity index (χ3n) is 3.25. The quantitative estimate of drug-likeness (QED) is 0.440. The first-order valence-electron chi connectivity index (χ1n) is 5.97. The monoisotopic (exact) mass is 239 g/mol. The molecule has 0 aromatic carbocycles. The molecule has 2 atom stereocenters. The maximum absolute atomic E-state index is 11.0. The molecule has 1 saturated carbocycles. The van der Waals surface area contributed by atoms with Gasteiger partial charge in [0.1, 0.15) is 6.61 Å². The van der Waals surface area contributed by atoms with E-state index >= 15 is 0 Å². The summed E-state index contributed by atoms with van der Waals surface area (Å²) in [6, 6.07) is 0. The zero-order chi connectivity index (χ0) is 13.1. The number of hydrogen-bond acceptors (Lipinski definition) is 3. The summed E-state index contributed by atoms with van der Waals surface area (Å²) in [4.78, 5) is 16.0. The average molecular weight is 239 g/mol. The van der Waals surface area contributed by atoms with Gasteiger partial charge in [-0.05, 0) is 30.3 Å². The first-order valence-corrected chi connectivity index (χ1v) is 5.97. The van der Waals surface area contributed by atoms with Crippen molar-refractivity contribution in [2.75, 3.05) is 6.61 Å². The molecule has 0 radical (unpaired) electrons. The van der Waals surface area contributed by atoms with Gasteiger partial charge in [-0.1, -0.05) is 32.0 Å². The van der Waals surface area contributed by atoms with Gasteiger partial charge in [0, 0.05) is 0 Å². The molecule has 1 aliphatic carbocycles. The SMILES string of the molecule is CCCO/N=C/C(C)=C/C1C(C(=O)O)C1(C)C. The van der Waals surface area contributed by atoms with Crippen molar-refractivity contribution < 1.29 is 14.7 Å². The summed E-state index contributed by atoms with van der Waals surface area (Å²) in [5.41, 5.74) is 0.800. The van der Waals surface area contributed by atoms with E-state index in [2.05, 4.69) is 5.16 Å². The predicted octanol–water partition coefficient (Wildman–Crippen LogP) is 2.70. The van der Waals surface area contributed by atoms with E-state index in [4.69, 9.17) is 9.94 Å². The first-order chi connectivity index (χ1) is 7.91. The smallest absolute Gasteiger partial charge is 0.307 e. The molecule has 0 bridgehead atoms. The number of nitrogens with zero attached hydrogens (tertiary/aromatic N) is 1. The molecule has 1 N–H and O–H groups in total. The fraction of sp³-hybridized carbons (Fsp3) is 0.692. The number of rotatable bonds is 6. The van der Waals surface area contributed by atoms with Crippen LogP contribution in [0.25, 0.3) is 0 Å². The number of carboxylic acids is 1. The summed E-state index contributed by atoms with van der Waals surface area (Å²) in [5.74, 6) is -0.900. The molecule has 0 saturated heterocycles. The van der Waals surface area contributed by atoms with Gasteiger partial charge in [0.05, 0.1) is 12.1 Å². The van der Waals surface area contributed by atoms with Crippen LogP contribution in [0.5, 0.6) is 0 Å². The Bertz CT molecular complexity index is 345. The molecular formula is C13H21NO3. The molecule has 0 aliphatic heterocycles. The van der Waals surface area contributed by atoms with E-state index in [0.29, 0.717) is 6.61 Å². The van der Waals surface area contributed by atoms with Crippen LogP contribution in [0.15, 0.2) is 16.8 Å². The lowest BCUT2D eigenvalue weighted by atomic mass is 10.1. The van der Waals surface area contributed by atoms with E-state index < -0.39 is 5.97 Å². The van der Waals surface area contributed by atoms with Gasteiger partial charge < -0.3 is 9.94 Å². The molecule has 17 heavy (non-hydrogen) atoms. The van der Waals surface area contributed by atoms with E-state index in [0.717, 1.165) is 12.0 Å². The molecule has 0 aromatic heterocycles. The van der Waals surface area contributed by atoms with Crippen LogP contribution in [0.2, 0.25) is 0 Å². The Morgan fingerprint density at radius 1 is 1.53 bits per heavy atom. The summed E-state index contributed by atoms with van der Waals surface area (Å²) >= 11 is 0. The van der Waals surface area contributed by atoms with Crippen LogP contribution in [-0.4, -0.2) is 23.9 Å². The fourth-order valence-electron chi connectivity index (χ4n) is 2.05. The van der Waals surface area contributed by atoms with Crippen LogP contribution in [0.4, 0.5) is 0 Å². The zero-order valence-electron chi connectivity index (χ0n) is 10.9. The number of hydrogen-bond donors (Lipinski definition) is 1. The van der Waals surface area contributed by atoms with E-state index in [1.54, 1.807) is 6.21 Å². The van der Waals surface area contributed by atoms with E-state index in [9.17, 15) is 4.79 Å². The summed E-state index contributed by atoms with van der Waals surface area (Å²) < 4.78 is 0. The second-order valence-corrected chi connectivity index (χ2v) is 5.14. The van der Waals surface area contributed by atoms with Crippen molar-refractivity contribution in [2.24, 2.45) is 22.4 Å². The van der Waals surface area contributed by atoms with Crippen molar-refractivity contribution in [3.63, 3.8) is 0 Å². The molecular weight excluding hydrogens is 218 g/mol. The van der Waals surface area contributed by atoms with E-state index in [-0.39, 0.29) is 17.3 Å². The lowest BCUT2D eigenvalue weighted by Gasteiger charge is -1.98. The number of carbonyl (C=O) groups is 1. The highest BCUT2D eigenvalue weighted by Crippen LogP contribution is 2.59. The van der Waals surface area contributed by atoms with E-state index in [1.165, 1.54) is 0 Å². The number of aliphatic carboxylic acids is 1. The Hall–Kier alpha value is -1.32. The number of allylic oxidation sites excluding steroid dienone is 2. The standard InChI is InChI=1S/C13H21NO3/c1-5-6-17-14-8-9(2)7-10-11(12(15)16)13(10,3)4/h7-8,10-11H,5-6H2,1-4H3,(H,15,16)/b9-7+,14-8+. The second kappa shape index (κ2) is 5.34. The fourth-order valence-corrected chi connectivity index (χ4v) is 2.05. The van der Waals surface area contributed by atoms with Gasteiger partial charge in [-0.25, -0.2) is 0 Å². The van der Waals surface area contributed by atoms with Gasteiger partial charge in [-0.3, -0.25) is 4.79 Å². The minimum absolute atomic E-state index is 0.0950. The van der Waals surface area contributed by atoms with Gasteiger partial charge >= 0.3 is 5.97 Å². The molecule has 96 valence electrons. The molecule has 0 heterocycles. The topological polar surface area (TPSA) is 58.9 Å². The number of carboxylic acid groups (broad SMARTS) is 1. The van der Waals surface area contributed by atoms with Crippen molar-refractivity contribution in [2.45, 2.75) is 34.1 Å². The maximum atomic E-state index is 11.0. The second-order valence-electron chi connectivity index (χ2n) is 5.14. The van der Waals surface area contributed by atoms with Crippen LogP contribution >= 0.6 is 0 Å². The van der Waals surface area contributed by atoms with Crippen LogP contribution < -0.4 is 0 Å². The Morgan fingerprint density at radius 2 is 2.18 bits per heavy atom. The van der Waals surface area contributed by atoms with E-state index in [1.807, 2.05) is 33.8 Å². The third kappa shape index (κ3) is 3.32. The lowest BCUT2D eigenvalue weighted by molar-refractivity contribution is -0.139. The zero-order valence-corrected chi connectivity index (χ0v) is 10.9. The lowest BCUT2D eigenvalue weighted by Crippen LogP contribution is -2.03. The highest BCUT2D eigenvalue weighted by Gasteiger charge is 2.60. The van der Waals surface area contributed by atoms with Crippen molar-refractivity contribution in [1.29, 1.82) is 0 Å². The summed E-state index contributed by atoms with van der Waals surface area (Å²) in [5, 5.41) is 12.8. The molecule has 1 rings (SSSR count). The largest absolute Gasteiger partial charge is 0.481 e.